The summed E-state index contributed by atoms with van der Waals surface area (Å²) in [5, 5.41) is 8.78. The number of para-hydroxylation sites is 1. The van der Waals surface area contributed by atoms with Crippen LogP contribution in [0.15, 0.2) is 24.3 Å². The predicted molar refractivity (Wildman–Crippen MR) is 69.0 cm³/mol. The molecule has 0 bridgehead atoms. The van der Waals surface area contributed by atoms with Gasteiger partial charge in [-0.15, -0.1) is 0 Å². The van der Waals surface area contributed by atoms with Gasteiger partial charge in [0, 0.05) is 13.5 Å². The Morgan fingerprint density at radius 2 is 2.00 bits per heavy atom. The van der Waals surface area contributed by atoms with Gasteiger partial charge in [-0.2, -0.15) is 0 Å². The van der Waals surface area contributed by atoms with E-state index in [0.717, 1.165) is 10.6 Å². The van der Waals surface area contributed by atoms with Crippen LogP contribution in [0, 0.1) is 0 Å². The molecule has 7 heteroatoms. The third kappa shape index (κ3) is 3.44. The van der Waals surface area contributed by atoms with Crippen LogP contribution in [0.3, 0.4) is 0 Å². The summed E-state index contributed by atoms with van der Waals surface area (Å²) >= 11 is 0. The molecule has 0 spiro atoms. The highest BCUT2D eigenvalue weighted by Crippen LogP contribution is 2.22. The first kappa shape index (κ1) is 14.5. The molecule has 3 N–H and O–H groups in total. The Hall–Kier alpha value is -1.60. The standard InChI is InChI=1S/C11H16N2O4S/c1-13(18(2,16)17)10-6-4-3-5-8(10)7-9(12)11(14)15/h3-6,9H,7,12H2,1-2H3,(H,14,15). The van der Waals surface area contributed by atoms with Crippen molar-refractivity contribution in [3.63, 3.8) is 0 Å². The van der Waals surface area contributed by atoms with Gasteiger partial charge in [0.2, 0.25) is 10.0 Å². The number of hydrogen-bond donors (Lipinski definition) is 2. The van der Waals surface area contributed by atoms with E-state index in [9.17, 15) is 13.2 Å². The fourth-order valence-corrected chi connectivity index (χ4v) is 2.03. The first-order valence-electron chi connectivity index (χ1n) is 5.23. The molecule has 18 heavy (non-hydrogen) atoms. The van der Waals surface area contributed by atoms with Gasteiger partial charge in [0.25, 0.3) is 0 Å². The Morgan fingerprint density at radius 3 is 2.50 bits per heavy atom. The first-order valence-corrected chi connectivity index (χ1v) is 7.08. The number of sulfonamides is 1. The lowest BCUT2D eigenvalue weighted by molar-refractivity contribution is -0.138. The van der Waals surface area contributed by atoms with Crippen LogP contribution in [0.2, 0.25) is 0 Å². The highest BCUT2D eigenvalue weighted by molar-refractivity contribution is 7.92. The zero-order valence-corrected chi connectivity index (χ0v) is 11.0. The van der Waals surface area contributed by atoms with Crippen LogP contribution in [0.25, 0.3) is 0 Å². The molecular weight excluding hydrogens is 256 g/mol. The first-order chi connectivity index (χ1) is 8.23. The molecule has 0 amide bonds. The lowest BCUT2D eigenvalue weighted by Gasteiger charge is -2.20. The molecule has 6 nitrogen and oxygen atoms in total. The van der Waals surface area contributed by atoms with E-state index in [0.29, 0.717) is 11.3 Å². The monoisotopic (exact) mass is 272 g/mol. The molecule has 0 aliphatic rings. The molecule has 0 fully saturated rings. The van der Waals surface area contributed by atoms with Crippen LogP contribution in [0.4, 0.5) is 5.69 Å². The molecule has 1 unspecified atom stereocenters. The number of nitrogens with zero attached hydrogens (tertiary/aromatic N) is 1. The van der Waals surface area contributed by atoms with Crippen LogP contribution in [-0.4, -0.2) is 38.8 Å². The highest BCUT2D eigenvalue weighted by atomic mass is 32.2. The minimum atomic E-state index is -3.39. The normalized spacial score (nSPS) is 13.1. The van der Waals surface area contributed by atoms with E-state index in [-0.39, 0.29) is 6.42 Å². The van der Waals surface area contributed by atoms with E-state index >= 15 is 0 Å². The summed E-state index contributed by atoms with van der Waals surface area (Å²) in [6.07, 6.45) is 1.16. The van der Waals surface area contributed by atoms with Gasteiger partial charge in [-0.1, -0.05) is 18.2 Å². The molecule has 0 heterocycles. The third-order valence-corrected chi connectivity index (χ3v) is 3.78. The largest absolute Gasteiger partial charge is 0.480 e. The van der Waals surface area contributed by atoms with Crippen molar-refractivity contribution in [3.8, 4) is 0 Å². The van der Waals surface area contributed by atoms with Crippen molar-refractivity contribution in [1.82, 2.24) is 0 Å². The molecule has 0 saturated heterocycles. The topological polar surface area (TPSA) is 101 Å². The van der Waals surface area contributed by atoms with Gasteiger partial charge in [0.1, 0.15) is 6.04 Å². The number of aliphatic carboxylic acids is 1. The zero-order chi connectivity index (χ0) is 13.9. The fourth-order valence-electron chi connectivity index (χ4n) is 1.49. The predicted octanol–water partition coefficient (Wildman–Crippen LogP) is 0.0368. The summed E-state index contributed by atoms with van der Waals surface area (Å²) in [6, 6.07) is 5.63. The molecule has 0 aromatic heterocycles. The van der Waals surface area contributed by atoms with Gasteiger partial charge in [0.05, 0.1) is 11.9 Å². The average Bonchev–Trinajstić information content (AvgIpc) is 2.27. The molecule has 1 rings (SSSR count). The van der Waals surface area contributed by atoms with Crippen molar-refractivity contribution in [1.29, 1.82) is 0 Å². The Balaban J connectivity index is 3.11. The van der Waals surface area contributed by atoms with E-state index < -0.39 is 22.0 Å². The average molecular weight is 272 g/mol. The number of rotatable bonds is 5. The molecule has 0 aliphatic heterocycles. The Labute approximate surface area is 106 Å². The summed E-state index contributed by atoms with van der Waals surface area (Å²) in [5.74, 6) is -1.12. The summed E-state index contributed by atoms with van der Waals surface area (Å²) < 4.78 is 24.1. The number of carboxylic acids is 1. The molecule has 1 atom stereocenters. The fraction of sp³-hybridized carbons (Fsp3) is 0.364. The quantitative estimate of drug-likeness (QED) is 0.788. The SMILES string of the molecule is CN(c1ccccc1CC(N)C(=O)O)S(C)(=O)=O. The molecule has 1 aromatic carbocycles. The van der Waals surface area contributed by atoms with Crippen molar-refractivity contribution in [2.45, 2.75) is 12.5 Å². The van der Waals surface area contributed by atoms with Crippen LogP contribution < -0.4 is 10.0 Å². The van der Waals surface area contributed by atoms with Crippen molar-refractivity contribution in [2.75, 3.05) is 17.6 Å². The van der Waals surface area contributed by atoms with Crippen LogP contribution >= 0.6 is 0 Å². The molecule has 0 radical (unpaired) electrons. The smallest absolute Gasteiger partial charge is 0.320 e. The lowest BCUT2D eigenvalue weighted by atomic mass is 10.0. The van der Waals surface area contributed by atoms with E-state index in [1.807, 2.05) is 0 Å². The summed E-state index contributed by atoms with van der Waals surface area (Å²) in [5.41, 5.74) is 6.48. The second-order valence-electron chi connectivity index (χ2n) is 4.01. The molecular formula is C11H16N2O4S. The minimum Gasteiger partial charge on any atom is -0.480 e. The van der Waals surface area contributed by atoms with Gasteiger partial charge in [-0.3, -0.25) is 9.10 Å². The molecule has 1 aromatic rings. The van der Waals surface area contributed by atoms with Crippen LogP contribution in [0.1, 0.15) is 5.56 Å². The number of carbonyl (C=O) groups is 1. The Bertz CT molecular complexity index is 542. The van der Waals surface area contributed by atoms with Gasteiger partial charge in [-0.25, -0.2) is 8.42 Å². The molecule has 100 valence electrons. The van der Waals surface area contributed by atoms with Crippen LogP contribution in [-0.2, 0) is 21.2 Å². The van der Waals surface area contributed by atoms with Gasteiger partial charge < -0.3 is 10.8 Å². The molecule has 0 saturated carbocycles. The summed E-state index contributed by atoms with van der Waals surface area (Å²) in [7, 11) is -1.97. The van der Waals surface area contributed by atoms with Crippen molar-refractivity contribution in [3.05, 3.63) is 29.8 Å². The van der Waals surface area contributed by atoms with Gasteiger partial charge in [0.15, 0.2) is 0 Å². The second-order valence-corrected chi connectivity index (χ2v) is 6.02. The maximum Gasteiger partial charge on any atom is 0.320 e. The van der Waals surface area contributed by atoms with E-state index in [2.05, 4.69) is 0 Å². The second kappa shape index (κ2) is 5.36. The van der Waals surface area contributed by atoms with Crippen molar-refractivity contribution < 1.29 is 18.3 Å². The Morgan fingerprint density at radius 1 is 1.44 bits per heavy atom. The van der Waals surface area contributed by atoms with E-state index in [4.69, 9.17) is 10.8 Å². The number of hydrogen-bond acceptors (Lipinski definition) is 4. The minimum absolute atomic E-state index is 0.0748. The number of benzene rings is 1. The summed E-state index contributed by atoms with van der Waals surface area (Å²) in [4.78, 5) is 10.7. The third-order valence-electron chi connectivity index (χ3n) is 2.59. The maximum atomic E-state index is 11.5. The van der Waals surface area contributed by atoms with Crippen LogP contribution in [0.5, 0.6) is 0 Å². The van der Waals surface area contributed by atoms with Crippen molar-refractivity contribution >= 4 is 21.7 Å². The van der Waals surface area contributed by atoms with Crippen molar-refractivity contribution in [2.24, 2.45) is 5.73 Å². The van der Waals surface area contributed by atoms with Gasteiger partial charge in [-0.05, 0) is 11.6 Å². The maximum absolute atomic E-state index is 11.5. The number of anilines is 1. The summed E-state index contributed by atoms with van der Waals surface area (Å²) in [6.45, 7) is 0. The van der Waals surface area contributed by atoms with Gasteiger partial charge >= 0.3 is 5.97 Å². The molecule has 0 aliphatic carbocycles. The zero-order valence-electron chi connectivity index (χ0n) is 10.2. The van der Waals surface area contributed by atoms with E-state index in [1.54, 1.807) is 24.3 Å². The Kier molecular flexibility index (Phi) is 4.31. The number of nitrogens with two attached hydrogens (primary N) is 1. The lowest BCUT2D eigenvalue weighted by Crippen LogP contribution is -2.33. The number of carboxylic acid groups (broad SMARTS) is 1. The highest BCUT2D eigenvalue weighted by Gasteiger charge is 2.19. The van der Waals surface area contributed by atoms with E-state index in [1.165, 1.54) is 7.05 Å².